The molecule has 0 aliphatic heterocycles. The third-order valence-electron chi connectivity index (χ3n) is 1.94. The van der Waals surface area contributed by atoms with Crippen molar-refractivity contribution in [2.75, 3.05) is 0 Å². The minimum atomic E-state index is 1.21. The molecule has 3 heteroatoms. The second-order valence-corrected chi connectivity index (χ2v) is 5.11. The van der Waals surface area contributed by atoms with E-state index in [1.54, 1.807) is 11.3 Å². The van der Waals surface area contributed by atoms with Crippen molar-refractivity contribution < 1.29 is 0 Å². The highest BCUT2D eigenvalue weighted by atomic mass is 79.9. The maximum absolute atomic E-state index is 3.47. The van der Waals surface area contributed by atoms with Crippen LogP contribution < -0.4 is 0 Å². The summed E-state index contributed by atoms with van der Waals surface area (Å²) in [6.07, 6.45) is 0. The zero-order valence-electron chi connectivity index (χ0n) is 6.39. The van der Waals surface area contributed by atoms with Crippen molar-refractivity contribution >= 4 is 37.5 Å². The maximum Gasteiger partial charge on any atom is 0.0726 e. The highest BCUT2D eigenvalue weighted by molar-refractivity contribution is 9.11. The summed E-state index contributed by atoms with van der Waals surface area (Å²) in [5.74, 6) is 0. The summed E-state index contributed by atoms with van der Waals surface area (Å²) in [6.45, 7) is 2.13. The normalized spacial score (nSPS) is 11.2. The average molecular weight is 230 g/mol. The van der Waals surface area contributed by atoms with E-state index in [2.05, 4.69) is 46.6 Å². The second kappa shape index (κ2) is 2.35. The van der Waals surface area contributed by atoms with Gasteiger partial charge < -0.3 is 4.57 Å². The molecule has 0 N–H and O–H groups in total. The Morgan fingerprint density at radius 2 is 2.18 bits per heavy atom. The van der Waals surface area contributed by atoms with Crippen LogP contribution in [0.1, 0.15) is 5.69 Å². The SMILES string of the molecule is Cc1cc2sc(Br)cc2n1C. The van der Waals surface area contributed by atoms with Gasteiger partial charge in [0.1, 0.15) is 0 Å². The first-order valence-corrected chi connectivity index (χ1v) is 5.01. The summed E-state index contributed by atoms with van der Waals surface area (Å²) in [6, 6.07) is 4.37. The summed E-state index contributed by atoms with van der Waals surface area (Å²) in [5, 5.41) is 0. The molecular formula is C8H8BrNS. The van der Waals surface area contributed by atoms with Crippen molar-refractivity contribution in [3.05, 3.63) is 21.6 Å². The molecule has 2 aromatic heterocycles. The molecule has 2 heterocycles. The van der Waals surface area contributed by atoms with Crippen LogP contribution in [0.15, 0.2) is 15.9 Å². The predicted octanol–water partition coefficient (Wildman–Crippen LogP) is 3.31. The number of aryl methyl sites for hydroxylation is 2. The predicted molar refractivity (Wildman–Crippen MR) is 53.2 cm³/mol. The molecule has 0 radical (unpaired) electrons. The van der Waals surface area contributed by atoms with Gasteiger partial charge in [-0.2, -0.15) is 0 Å². The molecular weight excluding hydrogens is 222 g/mol. The quantitative estimate of drug-likeness (QED) is 0.654. The summed E-state index contributed by atoms with van der Waals surface area (Å²) in [7, 11) is 2.09. The molecule has 11 heavy (non-hydrogen) atoms. The van der Waals surface area contributed by atoms with Crippen LogP contribution in [0.25, 0.3) is 10.2 Å². The third-order valence-corrected chi connectivity index (χ3v) is 3.51. The van der Waals surface area contributed by atoms with E-state index in [4.69, 9.17) is 0 Å². The Balaban J connectivity index is 2.88. The van der Waals surface area contributed by atoms with Crippen LogP contribution in [0.2, 0.25) is 0 Å². The van der Waals surface area contributed by atoms with Crippen molar-refractivity contribution in [3.8, 4) is 0 Å². The molecule has 0 unspecified atom stereocenters. The minimum Gasteiger partial charge on any atom is -0.347 e. The van der Waals surface area contributed by atoms with Crippen LogP contribution in [0.3, 0.4) is 0 Å². The number of hydrogen-bond acceptors (Lipinski definition) is 1. The van der Waals surface area contributed by atoms with Gasteiger partial charge in [-0.25, -0.2) is 0 Å². The highest BCUT2D eigenvalue weighted by Crippen LogP contribution is 2.31. The van der Waals surface area contributed by atoms with Gasteiger partial charge in [0, 0.05) is 12.7 Å². The van der Waals surface area contributed by atoms with Gasteiger partial charge in [-0.15, -0.1) is 11.3 Å². The Bertz CT molecular complexity index is 399. The van der Waals surface area contributed by atoms with E-state index in [0.29, 0.717) is 0 Å². The van der Waals surface area contributed by atoms with Crippen molar-refractivity contribution in [3.63, 3.8) is 0 Å². The number of fused-ring (bicyclic) bond motifs is 1. The van der Waals surface area contributed by atoms with E-state index in [-0.39, 0.29) is 0 Å². The van der Waals surface area contributed by atoms with Crippen LogP contribution in [-0.4, -0.2) is 4.57 Å². The Kier molecular flexibility index (Phi) is 1.58. The Morgan fingerprint density at radius 3 is 2.82 bits per heavy atom. The molecule has 0 bridgehead atoms. The summed E-state index contributed by atoms with van der Waals surface area (Å²) < 4.78 is 4.77. The fraction of sp³-hybridized carbons (Fsp3) is 0.250. The number of nitrogens with zero attached hydrogens (tertiary/aromatic N) is 1. The Morgan fingerprint density at radius 1 is 1.45 bits per heavy atom. The standard InChI is InChI=1S/C8H8BrNS/c1-5-3-7-6(10(5)2)4-8(9)11-7/h3-4H,1-2H3. The molecule has 0 fully saturated rings. The Hall–Kier alpha value is -0.280. The number of hydrogen-bond donors (Lipinski definition) is 0. The number of thiophene rings is 1. The molecule has 0 atom stereocenters. The first-order valence-electron chi connectivity index (χ1n) is 3.40. The van der Waals surface area contributed by atoms with E-state index >= 15 is 0 Å². The van der Waals surface area contributed by atoms with E-state index < -0.39 is 0 Å². The first kappa shape index (κ1) is 7.37. The van der Waals surface area contributed by atoms with Gasteiger partial charge in [0.2, 0.25) is 0 Å². The second-order valence-electron chi connectivity index (χ2n) is 2.64. The molecule has 0 spiro atoms. The van der Waals surface area contributed by atoms with E-state index in [1.807, 2.05) is 0 Å². The maximum atomic E-state index is 3.47. The molecule has 2 aromatic rings. The molecule has 0 saturated heterocycles. The lowest BCUT2D eigenvalue weighted by Crippen LogP contribution is -1.87. The fourth-order valence-corrected chi connectivity index (χ4v) is 2.86. The van der Waals surface area contributed by atoms with Crippen molar-refractivity contribution in [1.82, 2.24) is 4.57 Å². The molecule has 58 valence electrons. The number of halogens is 1. The summed E-state index contributed by atoms with van der Waals surface area (Å²) >= 11 is 5.25. The molecule has 1 nitrogen and oxygen atoms in total. The Labute approximate surface area is 77.8 Å². The highest BCUT2D eigenvalue weighted by Gasteiger charge is 2.04. The van der Waals surface area contributed by atoms with Gasteiger partial charge >= 0.3 is 0 Å². The van der Waals surface area contributed by atoms with Gasteiger partial charge in [-0.05, 0) is 35.0 Å². The van der Waals surface area contributed by atoms with Gasteiger partial charge in [-0.1, -0.05) is 0 Å². The molecule has 0 aliphatic carbocycles. The molecule has 2 rings (SSSR count). The average Bonchev–Trinajstić information content (AvgIpc) is 2.37. The van der Waals surface area contributed by atoms with Gasteiger partial charge in [0.05, 0.1) is 14.0 Å². The molecule has 0 amide bonds. The molecule has 0 saturated carbocycles. The van der Waals surface area contributed by atoms with Crippen molar-refractivity contribution in [1.29, 1.82) is 0 Å². The summed E-state index contributed by atoms with van der Waals surface area (Å²) in [4.78, 5) is 0. The van der Waals surface area contributed by atoms with Crippen LogP contribution in [0.5, 0.6) is 0 Å². The first-order chi connectivity index (χ1) is 5.18. The largest absolute Gasteiger partial charge is 0.347 e. The number of rotatable bonds is 0. The molecule has 0 aliphatic rings. The van der Waals surface area contributed by atoms with E-state index in [1.165, 1.54) is 19.7 Å². The van der Waals surface area contributed by atoms with Crippen LogP contribution in [0, 0.1) is 6.92 Å². The van der Waals surface area contributed by atoms with E-state index in [0.717, 1.165) is 0 Å². The molecule has 0 aromatic carbocycles. The van der Waals surface area contributed by atoms with Crippen molar-refractivity contribution in [2.45, 2.75) is 6.92 Å². The lowest BCUT2D eigenvalue weighted by atomic mass is 10.5. The van der Waals surface area contributed by atoms with Crippen LogP contribution in [0.4, 0.5) is 0 Å². The minimum absolute atomic E-state index is 1.21. The smallest absolute Gasteiger partial charge is 0.0726 e. The van der Waals surface area contributed by atoms with Gasteiger partial charge in [-0.3, -0.25) is 0 Å². The fourth-order valence-electron chi connectivity index (χ4n) is 1.21. The van der Waals surface area contributed by atoms with Gasteiger partial charge in [0.25, 0.3) is 0 Å². The third kappa shape index (κ3) is 1.03. The lowest BCUT2D eigenvalue weighted by molar-refractivity contribution is 0.918. The lowest BCUT2D eigenvalue weighted by Gasteiger charge is -1.94. The monoisotopic (exact) mass is 229 g/mol. The topological polar surface area (TPSA) is 4.93 Å². The van der Waals surface area contributed by atoms with Crippen molar-refractivity contribution in [2.24, 2.45) is 7.05 Å². The van der Waals surface area contributed by atoms with Crippen LogP contribution in [-0.2, 0) is 7.05 Å². The van der Waals surface area contributed by atoms with Crippen LogP contribution >= 0.6 is 27.3 Å². The number of aromatic nitrogens is 1. The van der Waals surface area contributed by atoms with Gasteiger partial charge in [0.15, 0.2) is 0 Å². The summed E-state index contributed by atoms with van der Waals surface area (Å²) in [5.41, 5.74) is 2.64. The zero-order valence-corrected chi connectivity index (χ0v) is 8.79. The van der Waals surface area contributed by atoms with E-state index in [9.17, 15) is 0 Å². The zero-order chi connectivity index (χ0) is 8.01.